The Balaban J connectivity index is 2.47. The zero-order valence-electron chi connectivity index (χ0n) is 10.7. The Hall–Kier alpha value is -2.89. The molecule has 1 aromatic heterocycles. The zero-order valence-corrected chi connectivity index (χ0v) is 10.7. The summed E-state index contributed by atoms with van der Waals surface area (Å²) in [6, 6.07) is 7.68. The van der Waals surface area contributed by atoms with Crippen molar-refractivity contribution in [1.82, 2.24) is 9.97 Å². The van der Waals surface area contributed by atoms with Crippen molar-refractivity contribution in [2.45, 2.75) is 6.92 Å². The monoisotopic (exact) mass is 269 g/mol. The lowest BCUT2D eigenvalue weighted by atomic mass is 10.1. The molecule has 2 rings (SSSR count). The molecule has 100 valence electrons. The number of non-ortho nitro benzene ring substituents is 1. The van der Waals surface area contributed by atoms with Crippen molar-refractivity contribution >= 4 is 23.1 Å². The van der Waals surface area contributed by atoms with E-state index in [-0.39, 0.29) is 11.5 Å². The van der Waals surface area contributed by atoms with Crippen LogP contribution in [0.1, 0.15) is 18.3 Å². The Morgan fingerprint density at radius 3 is 2.55 bits per heavy atom. The number of carbonyl (C=O) groups is 1. The summed E-state index contributed by atoms with van der Waals surface area (Å²) in [5.41, 5.74) is 0.832. The Bertz CT molecular complexity index is 681. The fourth-order valence-electron chi connectivity index (χ4n) is 1.66. The molecule has 1 heterocycles. The first-order chi connectivity index (χ1) is 9.58. The molecule has 0 bridgehead atoms. The van der Waals surface area contributed by atoms with E-state index in [1.165, 1.54) is 31.5 Å². The minimum atomic E-state index is -0.482. The number of benzene rings is 1. The number of Topliss-reactive ketones (excluding diaryl/α,β-unsaturated/α-hetero) is 1. The molecule has 1 aromatic carbocycles. The Morgan fingerprint density at radius 2 is 1.95 bits per heavy atom. The average molecular weight is 269 g/mol. The maximum atomic E-state index is 11.7. The molecule has 0 N–H and O–H groups in total. The quantitative estimate of drug-likeness (QED) is 0.483. The molecule has 0 radical (unpaired) electrons. The third kappa shape index (κ3) is 3.11. The maximum Gasteiger partial charge on any atom is 0.270 e. The summed E-state index contributed by atoms with van der Waals surface area (Å²) in [6.45, 7) is 1.40. The summed E-state index contributed by atoms with van der Waals surface area (Å²) in [7, 11) is 0. The first-order valence-electron chi connectivity index (χ1n) is 5.82. The fourth-order valence-corrected chi connectivity index (χ4v) is 1.66. The van der Waals surface area contributed by atoms with Gasteiger partial charge in [-0.05, 0) is 24.6 Å². The highest BCUT2D eigenvalue weighted by molar-refractivity contribution is 6.23. The SMILES string of the molecule is CC(=O)/C(=C/c1cccc([N+](=O)[O-])c1)c1ncccn1. The van der Waals surface area contributed by atoms with Gasteiger partial charge in [-0.3, -0.25) is 14.9 Å². The van der Waals surface area contributed by atoms with Gasteiger partial charge in [0.25, 0.3) is 5.69 Å². The van der Waals surface area contributed by atoms with E-state index in [4.69, 9.17) is 0 Å². The summed E-state index contributed by atoms with van der Waals surface area (Å²) in [5.74, 6) is 0.0919. The number of nitro benzene ring substituents is 1. The van der Waals surface area contributed by atoms with Crippen LogP contribution in [-0.4, -0.2) is 20.7 Å². The normalized spacial score (nSPS) is 11.2. The highest BCUT2D eigenvalue weighted by atomic mass is 16.6. The molecule has 0 aliphatic carbocycles. The Kier molecular flexibility index (Phi) is 3.95. The second kappa shape index (κ2) is 5.83. The van der Waals surface area contributed by atoms with Crippen LogP contribution in [0.3, 0.4) is 0 Å². The van der Waals surface area contributed by atoms with E-state index in [2.05, 4.69) is 9.97 Å². The molecule has 0 aliphatic rings. The molecular weight excluding hydrogens is 258 g/mol. The van der Waals surface area contributed by atoms with E-state index in [0.29, 0.717) is 17.0 Å². The highest BCUT2D eigenvalue weighted by Crippen LogP contribution is 2.19. The van der Waals surface area contributed by atoms with Crippen LogP contribution in [-0.2, 0) is 4.79 Å². The summed E-state index contributed by atoms with van der Waals surface area (Å²) in [6.07, 6.45) is 4.61. The predicted molar refractivity (Wildman–Crippen MR) is 73.7 cm³/mol. The number of hydrogen-bond acceptors (Lipinski definition) is 5. The standard InChI is InChI=1S/C14H11N3O3/c1-10(18)13(14-15-6-3-7-16-14)9-11-4-2-5-12(8-11)17(19)20/h2-9H,1H3/b13-9-. The van der Waals surface area contributed by atoms with E-state index in [9.17, 15) is 14.9 Å². The molecule has 0 saturated heterocycles. The number of carbonyl (C=O) groups excluding carboxylic acids is 1. The topological polar surface area (TPSA) is 86.0 Å². The molecule has 0 fully saturated rings. The van der Waals surface area contributed by atoms with Crippen molar-refractivity contribution in [2.75, 3.05) is 0 Å². The smallest absolute Gasteiger partial charge is 0.270 e. The number of allylic oxidation sites excluding steroid dienone is 1. The van der Waals surface area contributed by atoms with Gasteiger partial charge in [-0.1, -0.05) is 12.1 Å². The summed E-state index contributed by atoms with van der Waals surface area (Å²) in [4.78, 5) is 30.0. The van der Waals surface area contributed by atoms with Crippen LogP contribution in [0.25, 0.3) is 11.6 Å². The van der Waals surface area contributed by atoms with Gasteiger partial charge in [-0.2, -0.15) is 0 Å². The number of nitrogens with zero attached hydrogens (tertiary/aromatic N) is 3. The third-order valence-electron chi connectivity index (χ3n) is 2.58. The molecular formula is C14H11N3O3. The van der Waals surface area contributed by atoms with E-state index in [1.54, 1.807) is 24.3 Å². The summed E-state index contributed by atoms with van der Waals surface area (Å²) in [5, 5.41) is 10.7. The van der Waals surface area contributed by atoms with Gasteiger partial charge in [0, 0.05) is 24.5 Å². The van der Waals surface area contributed by atoms with Gasteiger partial charge in [0.15, 0.2) is 11.6 Å². The average Bonchev–Trinajstić information content (AvgIpc) is 2.45. The lowest BCUT2D eigenvalue weighted by Crippen LogP contribution is -2.01. The van der Waals surface area contributed by atoms with Crippen LogP contribution in [0.5, 0.6) is 0 Å². The minimum absolute atomic E-state index is 0.0318. The molecule has 0 unspecified atom stereocenters. The van der Waals surface area contributed by atoms with Gasteiger partial charge >= 0.3 is 0 Å². The molecule has 2 aromatic rings. The summed E-state index contributed by atoms with van der Waals surface area (Å²) >= 11 is 0. The number of rotatable bonds is 4. The lowest BCUT2D eigenvalue weighted by molar-refractivity contribution is -0.384. The van der Waals surface area contributed by atoms with Crippen LogP contribution in [0.4, 0.5) is 5.69 Å². The first-order valence-corrected chi connectivity index (χ1v) is 5.82. The van der Waals surface area contributed by atoms with Crippen LogP contribution >= 0.6 is 0 Å². The predicted octanol–water partition coefficient (Wildman–Crippen LogP) is 2.51. The Morgan fingerprint density at radius 1 is 1.25 bits per heavy atom. The molecule has 0 amide bonds. The van der Waals surface area contributed by atoms with Gasteiger partial charge in [0.05, 0.1) is 10.5 Å². The van der Waals surface area contributed by atoms with Gasteiger partial charge in [-0.15, -0.1) is 0 Å². The maximum absolute atomic E-state index is 11.7. The molecule has 20 heavy (non-hydrogen) atoms. The second-order valence-corrected chi connectivity index (χ2v) is 4.04. The molecule has 0 spiro atoms. The van der Waals surface area contributed by atoms with Gasteiger partial charge in [0.1, 0.15) is 0 Å². The van der Waals surface area contributed by atoms with E-state index in [1.807, 2.05) is 0 Å². The fraction of sp³-hybridized carbons (Fsp3) is 0.0714. The summed E-state index contributed by atoms with van der Waals surface area (Å²) < 4.78 is 0. The van der Waals surface area contributed by atoms with E-state index >= 15 is 0 Å². The number of hydrogen-bond donors (Lipinski definition) is 0. The van der Waals surface area contributed by atoms with Crippen molar-refractivity contribution in [3.63, 3.8) is 0 Å². The zero-order chi connectivity index (χ0) is 14.5. The molecule has 0 aliphatic heterocycles. The second-order valence-electron chi connectivity index (χ2n) is 4.04. The Labute approximate surface area is 115 Å². The lowest BCUT2D eigenvalue weighted by Gasteiger charge is -2.02. The number of ketones is 1. The number of aromatic nitrogens is 2. The van der Waals surface area contributed by atoms with Crippen molar-refractivity contribution in [1.29, 1.82) is 0 Å². The molecule has 0 saturated carbocycles. The van der Waals surface area contributed by atoms with Crippen LogP contribution in [0.15, 0.2) is 42.7 Å². The molecule has 0 atom stereocenters. The first kappa shape index (κ1) is 13.5. The van der Waals surface area contributed by atoms with Gasteiger partial charge in [-0.25, -0.2) is 9.97 Å². The molecule has 6 nitrogen and oxygen atoms in total. The van der Waals surface area contributed by atoms with Crippen molar-refractivity contribution < 1.29 is 9.72 Å². The van der Waals surface area contributed by atoms with Crippen LogP contribution in [0, 0.1) is 10.1 Å². The van der Waals surface area contributed by atoms with Crippen molar-refractivity contribution in [3.05, 3.63) is 64.2 Å². The van der Waals surface area contributed by atoms with E-state index < -0.39 is 4.92 Å². The van der Waals surface area contributed by atoms with Crippen LogP contribution in [0.2, 0.25) is 0 Å². The van der Waals surface area contributed by atoms with Gasteiger partial charge < -0.3 is 0 Å². The third-order valence-corrected chi connectivity index (χ3v) is 2.58. The van der Waals surface area contributed by atoms with E-state index in [0.717, 1.165) is 0 Å². The van der Waals surface area contributed by atoms with Gasteiger partial charge in [0.2, 0.25) is 0 Å². The largest absolute Gasteiger partial charge is 0.294 e. The molecule has 6 heteroatoms. The highest BCUT2D eigenvalue weighted by Gasteiger charge is 2.11. The van der Waals surface area contributed by atoms with Crippen molar-refractivity contribution in [3.8, 4) is 0 Å². The van der Waals surface area contributed by atoms with Crippen LogP contribution < -0.4 is 0 Å². The number of nitro groups is 1. The minimum Gasteiger partial charge on any atom is -0.294 e. The van der Waals surface area contributed by atoms with Crippen molar-refractivity contribution in [2.24, 2.45) is 0 Å².